The lowest BCUT2D eigenvalue weighted by Crippen LogP contribution is -2.28. The Hall–Kier alpha value is -1.95. The first-order chi connectivity index (χ1) is 11.8. The van der Waals surface area contributed by atoms with Crippen LogP contribution in [0.3, 0.4) is 0 Å². The van der Waals surface area contributed by atoms with E-state index in [2.05, 4.69) is 20.2 Å². The second-order valence-electron chi connectivity index (χ2n) is 5.95. The molecular formula is C18H24N4OS. The molecule has 1 aliphatic carbocycles. The van der Waals surface area contributed by atoms with Gasteiger partial charge in [-0.2, -0.15) is 0 Å². The molecule has 0 aromatic carbocycles. The Kier molecular flexibility index (Phi) is 5.80. The number of aromatic amines is 1. The van der Waals surface area contributed by atoms with Crippen molar-refractivity contribution in [1.29, 1.82) is 0 Å². The fourth-order valence-electron chi connectivity index (χ4n) is 3.02. The molecule has 0 radical (unpaired) electrons. The van der Waals surface area contributed by atoms with E-state index in [0.29, 0.717) is 0 Å². The predicted molar refractivity (Wildman–Crippen MR) is 101 cm³/mol. The Labute approximate surface area is 146 Å². The molecule has 1 saturated carbocycles. The quantitative estimate of drug-likeness (QED) is 0.873. The van der Waals surface area contributed by atoms with Gasteiger partial charge in [-0.25, -0.2) is 4.98 Å². The van der Waals surface area contributed by atoms with Crippen LogP contribution in [0, 0.1) is 0 Å². The summed E-state index contributed by atoms with van der Waals surface area (Å²) in [5, 5.41) is 3.74. The molecule has 1 fully saturated rings. The largest absolute Gasteiger partial charge is 0.355 e. The van der Waals surface area contributed by atoms with Gasteiger partial charge in [0.25, 0.3) is 5.91 Å². The van der Waals surface area contributed by atoms with Crippen molar-refractivity contribution >= 4 is 34.4 Å². The van der Waals surface area contributed by atoms with E-state index in [1.54, 1.807) is 25.0 Å². The number of H-pyrrole nitrogens is 1. The molecule has 3 heterocycles. The molecule has 2 aromatic heterocycles. The number of rotatable bonds is 2. The minimum atomic E-state index is -0.0333. The molecular weight excluding hydrogens is 320 g/mol. The van der Waals surface area contributed by atoms with E-state index in [0.717, 1.165) is 33.9 Å². The van der Waals surface area contributed by atoms with Crippen molar-refractivity contribution in [3.05, 3.63) is 35.6 Å². The molecule has 6 heteroatoms. The molecule has 2 aliphatic rings. The number of amides is 1. The van der Waals surface area contributed by atoms with Crippen molar-refractivity contribution in [3.8, 4) is 0 Å². The number of fused-ring (bicyclic) bond motifs is 1. The molecule has 0 spiro atoms. The monoisotopic (exact) mass is 344 g/mol. The van der Waals surface area contributed by atoms with Crippen LogP contribution in [-0.2, 0) is 4.79 Å². The molecule has 0 bridgehead atoms. The van der Waals surface area contributed by atoms with Crippen LogP contribution in [0.5, 0.6) is 0 Å². The van der Waals surface area contributed by atoms with Gasteiger partial charge in [-0.3, -0.25) is 4.79 Å². The first-order valence-corrected chi connectivity index (χ1v) is 9.53. The van der Waals surface area contributed by atoms with Crippen LogP contribution in [0.2, 0.25) is 0 Å². The van der Waals surface area contributed by atoms with Gasteiger partial charge in [0, 0.05) is 43.3 Å². The number of thioether (sulfide) groups is 1. The highest BCUT2D eigenvalue weighted by molar-refractivity contribution is 8.04. The Morgan fingerprint density at radius 1 is 1.25 bits per heavy atom. The van der Waals surface area contributed by atoms with Gasteiger partial charge in [0.1, 0.15) is 5.65 Å². The fraction of sp³-hybridized carbons (Fsp3) is 0.444. The normalized spacial score (nSPS) is 17.2. The van der Waals surface area contributed by atoms with Crippen LogP contribution in [0.15, 0.2) is 35.6 Å². The molecule has 1 aliphatic heterocycles. The van der Waals surface area contributed by atoms with Crippen LogP contribution in [0.4, 0.5) is 5.69 Å². The smallest absolute Gasteiger partial charge is 0.258 e. The zero-order valence-corrected chi connectivity index (χ0v) is 14.9. The standard InChI is InChI=1S/C13H14N4OS.C5H10/c1-14-13(18)11-8-17(6-7-19-11)10-3-5-16-12-9(10)2-4-15-12;1-2-4-5-3-1/h2-5,8H,6-7H2,1H3,(H,14,18)(H,15,16);1-5H2. The first kappa shape index (κ1) is 16.9. The Balaban J connectivity index is 0.000000290. The maximum absolute atomic E-state index is 11.7. The number of pyridine rings is 1. The summed E-state index contributed by atoms with van der Waals surface area (Å²) in [6.07, 6.45) is 13.1. The second-order valence-corrected chi connectivity index (χ2v) is 7.09. The van der Waals surface area contributed by atoms with Gasteiger partial charge in [-0.1, -0.05) is 32.1 Å². The van der Waals surface area contributed by atoms with E-state index in [-0.39, 0.29) is 5.91 Å². The first-order valence-electron chi connectivity index (χ1n) is 8.55. The SMILES string of the molecule is C1CCCC1.CNC(=O)C1=CN(c2ccnc3[nH]ccc23)CCS1. The van der Waals surface area contributed by atoms with E-state index < -0.39 is 0 Å². The molecule has 2 aromatic rings. The topological polar surface area (TPSA) is 61.0 Å². The number of carbonyl (C=O) groups excluding carboxylic acids is 1. The van der Waals surface area contributed by atoms with Gasteiger partial charge in [-0.15, -0.1) is 11.8 Å². The van der Waals surface area contributed by atoms with Gasteiger partial charge in [-0.05, 0) is 12.1 Å². The van der Waals surface area contributed by atoms with Crippen LogP contribution in [-0.4, -0.2) is 35.2 Å². The highest BCUT2D eigenvalue weighted by Gasteiger charge is 2.18. The van der Waals surface area contributed by atoms with E-state index in [1.807, 2.05) is 24.5 Å². The third-order valence-corrected chi connectivity index (χ3v) is 5.30. The Bertz CT molecular complexity index is 713. The number of anilines is 1. The molecule has 128 valence electrons. The lowest BCUT2D eigenvalue weighted by atomic mass is 10.2. The van der Waals surface area contributed by atoms with Gasteiger partial charge < -0.3 is 15.2 Å². The third-order valence-electron chi connectivity index (χ3n) is 4.31. The maximum atomic E-state index is 11.7. The number of carbonyl (C=O) groups is 1. The van der Waals surface area contributed by atoms with Gasteiger partial charge in [0.15, 0.2) is 0 Å². The molecule has 2 N–H and O–H groups in total. The van der Waals surface area contributed by atoms with Gasteiger partial charge >= 0.3 is 0 Å². The van der Waals surface area contributed by atoms with Crippen LogP contribution in [0.25, 0.3) is 11.0 Å². The summed E-state index contributed by atoms with van der Waals surface area (Å²) in [4.78, 5) is 21.9. The molecule has 0 saturated heterocycles. The highest BCUT2D eigenvalue weighted by atomic mass is 32.2. The molecule has 1 amide bonds. The number of hydrogen-bond acceptors (Lipinski definition) is 4. The number of likely N-dealkylation sites (N-methyl/N-ethyl adjacent to an activating group) is 1. The van der Waals surface area contributed by atoms with Crippen LogP contribution >= 0.6 is 11.8 Å². The maximum Gasteiger partial charge on any atom is 0.258 e. The summed E-state index contributed by atoms with van der Waals surface area (Å²) in [6.45, 7) is 0.884. The molecule has 0 atom stereocenters. The Morgan fingerprint density at radius 3 is 2.71 bits per heavy atom. The minimum absolute atomic E-state index is 0.0333. The van der Waals surface area contributed by atoms with Crippen molar-refractivity contribution in [2.45, 2.75) is 32.1 Å². The molecule has 24 heavy (non-hydrogen) atoms. The molecule has 0 unspecified atom stereocenters. The van der Waals surface area contributed by atoms with E-state index in [4.69, 9.17) is 0 Å². The second kappa shape index (κ2) is 8.24. The van der Waals surface area contributed by atoms with Crippen molar-refractivity contribution in [2.75, 3.05) is 24.2 Å². The highest BCUT2D eigenvalue weighted by Crippen LogP contribution is 2.30. The van der Waals surface area contributed by atoms with Crippen molar-refractivity contribution in [2.24, 2.45) is 0 Å². The van der Waals surface area contributed by atoms with E-state index in [9.17, 15) is 4.79 Å². The molecule has 5 nitrogen and oxygen atoms in total. The predicted octanol–water partition coefficient (Wildman–Crippen LogP) is 3.65. The van der Waals surface area contributed by atoms with E-state index >= 15 is 0 Å². The Morgan fingerprint density at radius 2 is 2.00 bits per heavy atom. The van der Waals surface area contributed by atoms with Gasteiger partial charge in [0.05, 0.1) is 10.6 Å². The number of aromatic nitrogens is 2. The van der Waals surface area contributed by atoms with Crippen molar-refractivity contribution in [3.63, 3.8) is 0 Å². The summed E-state index contributed by atoms with van der Waals surface area (Å²) in [5.74, 6) is 0.863. The average Bonchev–Trinajstić information content (AvgIpc) is 3.34. The third kappa shape index (κ3) is 3.93. The summed E-state index contributed by atoms with van der Waals surface area (Å²) in [7, 11) is 1.65. The van der Waals surface area contributed by atoms with Crippen LogP contribution in [0.1, 0.15) is 32.1 Å². The van der Waals surface area contributed by atoms with Crippen LogP contribution < -0.4 is 10.2 Å². The van der Waals surface area contributed by atoms with Crippen molar-refractivity contribution < 1.29 is 4.79 Å². The fourth-order valence-corrected chi connectivity index (χ4v) is 3.96. The summed E-state index contributed by atoms with van der Waals surface area (Å²) in [5.41, 5.74) is 1.94. The van der Waals surface area contributed by atoms with E-state index in [1.165, 1.54) is 32.1 Å². The zero-order valence-electron chi connectivity index (χ0n) is 14.0. The minimum Gasteiger partial charge on any atom is -0.355 e. The zero-order chi connectivity index (χ0) is 16.8. The summed E-state index contributed by atoms with van der Waals surface area (Å²) < 4.78 is 0. The lowest BCUT2D eigenvalue weighted by molar-refractivity contribution is -0.116. The number of hydrogen-bond donors (Lipinski definition) is 2. The lowest BCUT2D eigenvalue weighted by Gasteiger charge is -2.26. The van der Waals surface area contributed by atoms with Crippen molar-refractivity contribution in [1.82, 2.24) is 15.3 Å². The summed E-state index contributed by atoms with van der Waals surface area (Å²) >= 11 is 1.59. The number of nitrogens with one attached hydrogen (secondary N) is 2. The molecule has 4 rings (SSSR count). The summed E-state index contributed by atoms with van der Waals surface area (Å²) in [6, 6.07) is 3.98. The average molecular weight is 344 g/mol. The van der Waals surface area contributed by atoms with Gasteiger partial charge in [0.2, 0.25) is 0 Å². The number of nitrogens with zero attached hydrogens (tertiary/aromatic N) is 2.